The number of pyridine rings is 2. The van der Waals surface area contributed by atoms with Crippen molar-refractivity contribution in [3.8, 4) is 5.75 Å². The number of ether oxygens (including phenoxy) is 1. The second-order valence-corrected chi connectivity index (χ2v) is 9.34. The summed E-state index contributed by atoms with van der Waals surface area (Å²) in [4.78, 5) is 10.4. The molecule has 3 aromatic rings. The molecule has 0 spiro atoms. The monoisotopic (exact) mass is 519 g/mol. The summed E-state index contributed by atoms with van der Waals surface area (Å²) in [7, 11) is 0. The van der Waals surface area contributed by atoms with Crippen LogP contribution < -0.4 is 9.64 Å². The molecule has 35 heavy (non-hydrogen) atoms. The number of aromatic nitrogens is 4. The SMILES string of the molecule is FC(F)(F)COc1ccc(C(F)(F)F)n2nc(CC3[C@@H]4CC[C@H]3CN(c3ccnc(Cl)c3)C4)nc12. The van der Waals surface area contributed by atoms with Gasteiger partial charge in [0.25, 0.3) is 0 Å². The third-order valence-electron chi connectivity index (χ3n) is 6.70. The Morgan fingerprint density at radius 3 is 2.37 bits per heavy atom. The Labute approximate surface area is 200 Å². The minimum absolute atomic E-state index is 0.148. The number of hydrogen-bond donors (Lipinski definition) is 0. The summed E-state index contributed by atoms with van der Waals surface area (Å²) < 4.78 is 83.8. The Hall–Kier alpha value is -2.76. The van der Waals surface area contributed by atoms with Crippen molar-refractivity contribution in [3.63, 3.8) is 0 Å². The maximum absolute atomic E-state index is 13.5. The lowest BCUT2D eigenvalue weighted by Gasteiger charge is -2.39. The van der Waals surface area contributed by atoms with Crippen LogP contribution in [0.5, 0.6) is 5.75 Å². The van der Waals surface area contributed by atoms with Crippen molar-refractivity contribution in [3.05, 3.63) is 47.1 Å². The molecule has 0 aromatic carbocycles. The van der Waals surface area contributed by atoms with E-state index in [1.54, 1.807) is 12.3 Å². The van der Waals surface area contributed by atoms with E-state index in [0.29, 0.717) is 22.2 Å². The van der Waals surface area contributed by atoms with Crippen LogP contribution in [0, 0.1) is 17.8 Å². The van der Waals surface area contributed by atoms with Gasteiger partial charge in [-0.2, -0.15) is 31.4 Å². The van der Waals surface area contributed by atoms with Gasteiger partial charge >= 0.3 is 12.4 Å². The molecule has 1 aliphatic carbocycles. The quantitative estimate of drug-likeness (QED) is 0.332. The summed E-state index contributed by atoms with van der Waals surface area (Å²) in [5.41, 5.74) is -0.541. The van der Waals surface area contributed by atoms with Crippen molar-refractivity contribution in [2.24, 2.45) is 17.8 Å². The number of hydrogen-bond acceptors (Lipinski definition) is 5. The van der Waals surface area contributed by atoms with Gasteiger partial charge in [-0.05, 0) is 54.9 Å². The van der Waals surface area contributed by atoms with E-state index in [2.05, 4.69) is 20.0 Å². The largest absolute Gasteiger partial charge is 0.480 e. The Morgan fingerprint density at radius 2 is 1.74 bits per heavy atom. The molecule has 188 valence electrons. The molecular weight excluding hydrogens is 500 g/mol. The highest BCUT2D eigenvalue weighted by Crippen LogP contribution is 2.45. The molecule has 1 aliphatic heterocycles. The first-order valence-electron chi connectivity index (χ1n) is 11.0. The van der Waals surface area contributed by atoms with E-state index >= 15 is 0 Å². The zero-order valence-electron chi connectivity index (χ0n) is 18.2. The van der Waals surface area contributed by atoms with Gasteiger partial charge in [0, 0.05) is 31.4 Å². The lowest BCUT2D eigenvalue weighted by Crippen LogP contribution is -2.42. The summed E-state index contributed by atoms with van der Waals surface area (Å²) >= 11 is 6.02. The number of nitrogens with zero attached hydrogens (tertiary/aromatic N) is 5. The van der Waals surface area contributed by atoms with Gasteiger partial charge in [0.05, 0.1) is 0 Å². The van der Waals surface area contributed by atoms with E-state index in [0.717, 1.165) is 37.7 Å². The van der Waals surface area contributed by atoms with Crippen molar-refractivity contribution >= 4 is 22.9 Å². The lowest BCUT2D eigenvalue weighted by molar-refractivity contribution is -0.153. The molecule has 1 saturated heterocycles. The second-order valence-electron chi connectivity index (χ2n) is 8.96. The Bertz CT molecular complexity index is 1220. The Kier molecular flexibility index (Phi) is 5.97. The van der Waals surface area contributed by atoms with Crippen molar-refractivity contribution in [1.29, 1.82) is 0 Å². The minimum atomic E-state index is -4.76. The average molecular weight is 520 g/mol. The summed E-state index contributed by atoms with van der Waals surface area (Å²) in [5, 5.41) is 4.45. The van der Waals surface area contributed by atoms with Gasteiger partial charge in [-0.1, -0.05) is 11.6 Å². The number of fused-ring (bicyclic) bond motifs is 3. The first kappa shape index (κ1) is 24.0. The summed E-state index contributed by atoms with van der Waals surface area (Å²) in [5.74, 6) is 0.447. The van der Waals surface area contributed by atoms with E-state index in [4.69, 9.17) is 16.3 Å². The third kappa shape index (κ3) is 4.98. The second kappa shape index (κ2) is 8.72. The number of piperidine rings is 1. The molecule has 5 rings (SSSR count). The van der Waals surface area contributed by atoms with Crippen LogP contribution in [0.1, 0.15) is 24.4 Å². The Morgan fingerprint density at radius 1 is 1.03 bits per heavy atom. The van der Waals surface area contributed by atoms with Gasteiger partial charge in [0.2, 0.25) is 0 Å². The van der Waals surface area contributed by atoms with E-state index in [-0.39, 0.29) is 29.2 Å². The highest BCUT2D eigenvalue weighted by Gasteiger charge is 2.43. The molecule has 3 atom stereocenters. The molecule has 4 heterocycles. The van der Waals surface area contributed by atoms with E-state index < -0.39 is 30.4 Å². The third-order valence-corrected chi connectivity index (χ3v) is 6.90. The predicted octanol–water partition coefficient (Wildman–Crippen LogP) is 5.44. The van der Waals surface area contributed by atoms with Gasteiger partial charge in [0.1, 0.15) is 10.8 Å². The average Bonchev–Trinajstić information content (AvgIpc) is 3.27. The van der Waals surface area contributed by atoms with Crippen LogP contribution >= 0.6 is 11.6 Å². The first-order chi connectivity index (χ1) is 16.5. The number of halogens is 7. The molecule has 0 amide bonds. The molecule has 1 saturated carbocycles. The fraction of sp³-hybridized carbons (Fsp3) is 0.500. The molecule has 3 aromatic heterocycles. The van der Waals surface area contributed by atoms with E-state index in [1.165, 1.54) is 0 Å². The van der Waals surface area contributed by atoms with Crippen LogP contribution in [0.15, 0.2) is 30.5 Å². The summed E-state index contributed by atoms with van der Waals surface area (Å²) in [6.07, 6.45) is -5.50. The minimum Gasteiger partial charge on any atom is -0.480 e. The molecule has 2 fully saturated rings. The highest BCUT2D eigenvalue weighted by atomic mass is 35.5. The highest BCUT2D eigenvalue weighted by molar-refractivity contribution is 6.29. The zero-order chi connectivity index (χ0) is 25.0. The molecule has 1 unspecified atom stereocenters. The molecule has 0 radical (unpaired) electrons. The van der Waals surface area contributed by atoms with Crippen molar-refractivity contribution in [1.82, 2.24) is 19.6 Å². The first-order valence-corrected chi connectivity index (χ1v) is 11.4. The van der Waals surface area contributed by atoms with E-state index in [9.17, 15) is 26.3 Å². The normalized spacial score (nSPS) is 22.7. The summed E-state index contributed by atoms with van der Waals surface area (Å²) in [6, 6.07) is 5.19. The van der Waals surface area contributed by atoms with Gasteiger partial charge in [0.15, 0.2) is 23.8 Å². The van der Waals surface area contributed by atoms with Crippen molar-refractivity contribution in [2.45, 2.75) is 31.6 Å². The summed E-state index contributed by atoms with van der Waals surface area (Å²) in [6.45, 7) is -0.136. The molecular formula is C22H20ClF6N5O. The van der Waals surface area contributed by atoms with Crippen LogP contribution in [0.25, 0.3) is 5.65 Å². The molecule has 2 bridgehead atoms. The van der Waals surface area contributed by atoms with Gasteiger partial charge in [-0.25, -0.2) is 14.5 Å². The fourth-order valence-electron chi connectivity index (χ4n) is 5.23. The van der Waals surface area contributed by atoms with Crippen molar-refractivity contribution < 1.29 is 31.1 Å². The molecule has 2 aliphatic rings. The van der Waals surface area contributed by atoms with Crippen LogP contribution in [0.3, 0.4) is 0 Å². The van der Waals surface area contributed by atoms with Crippen LogP contribution in [-0.2, 0) is 12.6 Å². The number of anilines is 1. The molecule has 0 N–H and O–H groups in total. The molecule has 6 nitrogen and oxygen atoms in total. The van der Waals surface area contributed by atoms with Gasteiger partial charge in [-0.3, -0.25) is 0 Å². The van der Waals surface area contributed by atoms with E-state index in [1.807, 2.05) is 6.07 Å². The fourth-order valence-corrected chi connectivity index (χ4v) is 5.40. The van der Waals surface area contributed by atoms with Crippen LogP contribution in [0.2, 0.25) is 5.15 Å². The standard InChI is InChI=1S/C22H20ClF6N5O/c23-18-7-14(5-6-30-18)33-9-12-1-2-13(10-33)15(12)8-19-31-20-16(35-11-21(24,25)26)3-4-17(22(27,28)29)34(20)32-19/h3-7,12-13,15H,1-2,8-11H2/t12-,13+,15?. The lowest BCUT2D eigenvalue weighted by atomic mass is 9.82. The van der Waals surface area contributed by atoms with Crippen LogP contribution in [0.4, 0.5) is 32.0 Å². The molecule has 13 heteroatoms. The number of alkyl halides is 6. The Balaban J connectivity index is 1.40. The van der Waals surface area contributed by atoms with Crippen LogP contribution in [-0.4, -0.2) is 45.5 Å². The van der Waals surface area contributed by atoms with Gasteiger partial charge in [-0.15, -0.1) is 0 Å². The van der Waals surface area contributed by atoms with Gasteiger partial charge < -0.3 is 9.64 Å². The predicted molar refractivity (Wildman–Crippen MR) is 114 cm³/mol. The number of rotatable bonds is 5. The maximum Gasteiger partial charge on any atom is 0.433 e. The maximum atomic E-state index is 13.5. The topological polar surface area (TPSA) is 55.6 Å². The smallest absolute Gasteiger partial charge is 0.433 e. The zero-order valence-corrected chi connectivity index (χ0v) is 18.9. The van der Waals surface area contributed by atoms with Crippen molar-refractivity contribution in [2.75, 3.05) is 24.6 Å².